The molecule has 1 aliphatic heterocycles. The molecule has 0 atom stereocenters. The lowest BCUT2D eigenvalue weighted by Crippen LogP contribution is -2.50. The number of hydrogen-bond donors (Lipinski definition) is 2. The molecule has 0 radical (unpaired) electrons. The molecule has 1 fully saturated rings. The number of aryl methyl sites for hydroxylation is 2. The highest BCUT2D eigenvalue weighted by atomic mass is 127. The summed E-state index contributed by atoms with van der Waals surface area (Å²) in [5, 5.41) is 3.06. The molecular formula is C14H23IN4O2S. The predicted molar refractivity (Wildman–Crippen MR) is 101 cm³/mol. The number of aliphatic imine (C=N–C) groups is 1. The topological polar surface area (TPSA) is 87.8 Å². The maximum absolute atomic E-state index is 11.3. The van der Waals surface area contributed by atoms with Gasteiger partial charge >= 0.3 is 0 Å². The van der Waals surface area contributed by atoms with E-state index in [1.54, 1.807) is 0 Å². The molecule has 0 unspecified atom stereocenters. The van der Waals surface area contributed by atoms with Crippen LogP contribution in [0.5, 0.6) is 0 Å². The third kappa shape index (κ3) is 5.40. The number of nitrogens with two attached hydrogens (primary N) is 1. The normalized spacial score (nSPS) is 16.8. The number of sulfonamides is 1. The van der Waals surface area contributed by atoms with Crippen LogP contribution in [0.1, 0.15) is 11.1 Å². The first-order chi connectivity index (χ1) is 9.74. The van der Waals surface area contributed by atoms with Crippen LogP contribution in [0.15, 0.2) is 23.2 Å². The largest absolute Gasteiger partial charge is 0.370 e. The van der Waals surface area contributed by atoms with Crippen molar-refractivity contribution in [3.63, 3.8) is 0 Å². The van der Waals surface area contributed by atoms with Crippen LogP contribution < -0.4 is 11.1 Å². The van der Waals surface area contributed by atoms with E-state index in [-0.39, 0.29) is 29.9 Å². The second-order valence-electron chi connectivity index (χ2n) is 5.67. The number of hydrogen-bond acceptors (Lipinski definition) is 3. The maximum Gasteiger partial charge on any atom is 0.211 e. The van der Waals surface area contributed by atoms with Crippen molar-refractivity contribution >= 4 is 45.6 Å². The minimum atomic E-state index is -3.06. The molecule has 0 saturated carbocycles. The predicted octanol–water partition coefficient (Wildman–Crippen LogP) is 1.54. The summed E-state index contributed by atoms with van der Waals surface area (Å²) in [5.74, 6) is 0.608. The second-order valence-corrected chi connectivity index (χ2v) is 7.66. The number of guanidine groups is 1. The van der Waals surface area contributed by atoms with Crippen molar-refractivity contribution in [3.8, 4) is 0 Å². The Labute approximate surface area is 149 Å². The van der Waals surface area contributed by atoms with Crippen molar-refractivity contribution in [1.82, 2.24) is 4.31 Å². The van der Waals surface area contributed by atoms with Gasteiger partial charge in [-0.3, -0.25) is 4.99 Å². The first-order valence-corrected chi connectivity index (χ1v) is 8.69. The number of benzene rings is 1. The molecule has 0 spiro atoms. The van der Waals surface area contributed by atoms with Crippen molar-refractivity contribution in [3.05, 3.63) is 29.3 Å². The van der Waals surface area contributed by atoms with Gasteiger partial charge in [0.25, 0.3) is 0 Å². The molecule has 0 aliphatic carbocycles. The zero-order valence-corrected chi connectivity index (χ0v) is 16.2. The molecule has 0 amide bonds. The highest BCUT2D eigenvalue weighted by Gasteiger charge is 2.32. The molecule has 1 saturated heterocycles. The van der Waals surface area contributed by atoms with Gasteiger partial charge in [0, 0.05) is 31.2 Å². The van der Waals surface area contributed by atoms with Gasteiger partial charge in [-0.15, -0.1) is 24.0 Å². The Hall–Kier alpha value is -0.870. The average Bonchev–Trinajstić information content (AvgIpc) is 2.22. The summed E-state index contributed by atoms with van der Waals surface area (Å²) in [6, 6.07) is 6.10. The molecule has 3 N–H and O–H groups in total. The van der Waals surface area contributed by atoms with Gasteiger partial charge in [-0.05, 0) is 37.1 Å². The van der Waals surface area contributed by atoms with Crippen molar-refractivity contribution < 1.29 is 8.42 Å². The molecule has 1 aliphatic rings. The third-order valence-electron chi connectivity index (χ3n) is 3.41. The van der Waals surface area contributed by atoms with Crippen LogP contribution >= 0.6 is 24.0 Å². The Morgan fingerprint density at radius 1 is 1.32 bits per heavy atom. The lowest BCUT2D eigenvalue weighted by atomic mass is 10.0. The zero-order chi connectivity index (χ0) is 15.6. The summed E-state index contributed by atoms with van der Waals surface area (Å²) < 4.78 is 24.0. The molecule has 0 bridgehead atoms. The molecule has 1 aromatic carbocycles. The summed E-state index contributed by atoms with van der Waals surface area (Å²) in [6.07, 6.45) is 1.22. The Kier molecular flexibility index (Phi) is 6.63. The summed E-state index contributed by atoms with van der Waals surface area (Å²) >= 11 is 0. The van der Waals surface area contributed by atoms with Gasteiger partial charge in [0.1, 0.15) is 0 Å². The second kappa shape index (κ2) is 7.60. The van der Waals surface area contributed by atoms with E-state index < -0.39 is 10.0 Å². The van der Waals surface area contributed by atoms with E-state index in [1.807, 2.05) is 26.0 Å². The van der Waals surface area contributed by atoms with E-state index in [4.69, 9.17) is 5.73 Å². The Balaban J connectivity index is 0.00000242. The Bertz CT molecular complexity index is 635. The van der Waals surface area contributed by atoms with Crippen LogP contribution in [0.2, 0.25) is 0 Å². The SMILES string of the molecule is Cc1cc(C)cc(NC(N)=NCC2CN(S(C)(=O)=O)C2)c1.I. The summed E-state index contributed by atoms with van der Waals surface area (Å²) in [6.45, 7) is 5.65. The van der Waals surface area contributed by atoms with Gasteiger partial charge in [0.05, 0.1) is 6.26 Å². The first-order valence-electron chi connectivity index (χ1n) is 6.84. The highest BCUT2D eigenvalue weighted by molar-refractivity contribution is 14.0. The van der Waals surface area contributed by atoms with E-state index in [0.717, 1.165) is 16.8 Å². The van der Waals surface area contributed by atoms with E-state index in [9.17, 15) is 8.42 Å². The summed E-state index contributed by atoms with van der Waals surface area (Å²) in [7, 11) is -3.06. The third-order valence-corrected chi connectivity index (χ3v) is 4.64. The van der Waals surface area contributed by atoms with Crippen LogP contribution in [0.4, 0.5) is 5.69 Å². The molecule has 2 rings (SSSR count). The van der Waals surface area contributed by atoms with Gasteiger partial charge in [-0.2, -0.15) is 0 Å². The lowest BCUT2D eigenvalue weighted by Gasteiger charge is -2.36. The quantitative estimate of drug-likeness (QED) is 0.424. The number of rotatable bonds is 4. The smallest absolute Gasteiger partial charge is 0.211 e. The summed E-state index contributed by atoms with van der Waals surface area (Å²) in [5.41, 5.74) is 9.10. The van der Waals surface area contributed by atoms with Gasteiger partial charge in [-0.25, -0.2) is 12.7 Å². The maximum atomic E-state index is 11.3. The fourth-order valence-corrected chi connectivity index (χ4v) is 3.33. The molecular weight excluding hydrogens is 415 g/mol. The van der Waals surface area contributed by atoms with E-state index in [1.165, 1.54) is 10.6 Å². The molecule has 22 heavy (non-hydrogen) atoms. The number of halogens is 1. The van der Waals surface area contributed by atoms with Crippen LogP contribution in [-0.4, -0.2) is 44.6 Å². The first kappa shape index (κ1) is 19.2. The fraction of sp³-hybridized carbons (Fsp3) is 0.500. The van der Waals surface area contributed by atoms with Crippen molar-refractivity contribution in [2.75, 3.05) is 31.2 Å². The van der Waals surface area contributed by atoms with Crippen LogP contribution in [-0.2, 0) is 10.0 Å². The number of anilines is 1. The van der Waals surface area contributed by atoms with Crippen molar-refractivity contribution in [2.24, 2.45) is 16.6 Å². The van der Waals surface area contributed by atoms with Gasteiger partial charge in [-0.1, -0.05) is 6.07 Å². The average molecular weight is 438 g/mol. The van der Waals surface area contributed by atoms with Crippen molar-refractivity contribution in [1.29, 1.82) is 0 Å². The van der Waals surface area contributed by atoms with Gasteiger partial charge < -0.3 is 11.1 Å². The standard InChI is InChI=1S/C14H22N4O2S.HI/c1-10-4-11(2)6-13(5-10)17-14(15)16-7-12-8-18(9-12)21(3,19)20;/h4-6,12H,7-9H2,1-3H3,(H3,15,16,17);1H. The van der Waals surface area contributed by atoms with E-state index >= 15 is 0 Å². The molecule has 1 aromatic rings. The number of nitrogens with zero attached hydrogens (tertiary/aromatic N) is 2. The van der Waals surface area contributed by atoms with Crippen LogP contribution in [0, 0.1) is 19.8 Å². The highest BCUT2D eigenvalue weighted by Crippen LogP contribution is 2.19. The molecule has 1 heterocycles. The molecule has 6 nitrogen and oxygen atoms in total. The van der Waals surface area contributed by atoms with Gasteiger partial charge in [0.15, 0.2) is 5.96 Å². The number of nitrogens with one attached hydrogen (secondary N) is 1. The fourth-order valence-electron chi connectivity index (χ4n) is 2.37. The Morgan fingerprint density at radius 2 is 1.86 bits per heavy atom. The minimum Gasteiger partial charge on any atom is -0.370 e. The van der Waals surface area contributed by atoms with Crippen LogP contribution in [0.3, 0.4) is 0 Å². The molecule has 0 aromatic heterocycles. The zero-order valence-electron chi connectivity index (χ0n) is 13.0. The molecule has 8 heteroatoms. The van der Waals surface area contributed by atoms with Crippen LogP contribution in [0.25, 0.3) is 0 Å². The minimum absolute atomic E-state index is 0. The van der Waals surface area contributed by atoms with Gasteiger partial charge in [0.2, 0.25) is 10.0 Å². The summed E-state index contributed by atoms with van der Waals surface area (Å²) in [4.78, 5) is 4.28. The Morgan fingerprint density at radius 3 is 2.36 bits per heavy atom. The monoisotopic (exact) mass is 438 g/mol. The molecule has 124 valence electrons. The lowest BCUT2D eigenvalue weighted by molar-refractivity contribution is 0.209. The van der Waals surface area contributed by atoms with Crippen molar-refractivity contribution in [2.45, 2.75) is 13.8 Å². The van der Waals surface area contributed by atoms with E-state index in [2.05, 4.69) is 16.4 Å². The van der Waals surface area contributed by atoms with E-state index in [0.29, 0.717) is 25.6 Å².